The Morgan fingerprint density at radius 2 is 1.82 bits per heavy atom. The molecule has 0 heteroatoms. The van der Waals surface area contributed by atoms with Crippen LogP contribution in [0.25, 0.3) is 11.1 Å². The zero-order valence-electron chi connectivity index (χ0n) is 10.7. The van der Waals surface area contributed by atoms with Crippen molar-refractivity contribution in [2.45, 2.75) is 33.1 Å². The molecule has 3 rings (SSSR count). The molecule has 0 amide bonds. The monoisotopic (exact) mass is 222 g/mol. The summed E-state index contributed by atoms with van der Waals surface area (Å²) in [6.07, 6.45) is 1.18. The number of aryl methyl sites for hydroxylation is 2. The molecule has 1 aliphatic rings. The molecular weight excluding hydrogens is 204 g/mol. The van der Waals surface area contributed by atoms with Crippen LogP contribution >= 0.6 is 0 Å². The summed E-state index contributed by atoms with van der Waals surface area (Å²) in [5, 5.41) is 0. The fourth-order valence-corrected chi connectivity index (χ4v) is 3.20. The Kier molecular flexibility index (Phi) is 2.32. The van der Waals surface area contributed by atoms with Crippen LogP contribution in [-0.4, -0.2) is 0 Å². The van der Waals surface area contributed by atoms with Crippen molar-refractivity contribution >= 4 is 0 Å². The maximum Gasteiger partial charge on any atom is -0.0119 e. The molecule has 0 heterocycles. The summed E-state index contributed by atoms with van der Waals surface area (Å²) in [6.45, 7) is 6.76. The summed E-state index contributed by atoms with van der Waals surface area (Å²) in [5.41, 5.74) is 8.75. The van der Waals surface area contributed by atoms with Gasteiger partial charge in [0.2, 0.25) is 0 Å². The second-order valence-electron chi connectivity index (χ2n) is 5.31. The van der Waals surface area contributed by atoms with E-state index in [1.165, 1.54) is 39.8 Å². The van der Waals surface area contributed by atoms with Gasteiger partial charge in [0.25, 0.3) is 0 Å². The quantitative estimate of drug-likeness (QED) is 0.609. The maximum atomic E-state index is 2.36. The summed E-state index contributed by atoms with van der Waals surface area (Å²) < 4.78 is 0. The highest BCUT2D eigenvalue weighted by atomic mass is 14.3. The first-order valence-electron chi connectivity index (χ1n) is 6.36. The van der Waals surface area contributed by atoms with Crippen molar-refractivity contribution in [3.05, 3.63) is 58.7 Å². The average Bonchev–Trinajstić information content (AvgIpc) is 2.28. The van der Waals surface area contributed by atoms with Crippen LogP contribution in [0.15, 0.2) is 36.4 Å². The van der Waals surface area contributed by atoms with Crippen molar-refractivity contribution in [2.75, 3.05) is 0 Å². The SMILES string of the molecule is Cc1cc(C)c2c(c1)CC(C)c1ccccc1-2. The van der Waals surface area contributed by atoms with Gasteiger partial charge in [-0.1, -0.05) is 48.9 Å². The van der Waals surface area contributed by atoms with Gasteiger partial charge in [0.05, 0.1) is 0 Å². The first-order valence-corrected chi connectivity index (χ1v) is 6.36. The van der Waals surface area contributed by atoms with E-state index in [1.807, 2.05) is 0 Å². The van der Waals surface area contributed by atoms with E-state index < -0.39 is 0 Å². The predicted molar refractivity (Wildman–Crippen MR) is 73.5 cm³/mol. The summed E-state index contributed by atoms with van der Waals surface area (Å²) in [6, 6.07) is 13.5. The number of rotatable bonds is 0. The summed E-state index contributed by atoms with van der Waals surface area (Å²) in [5.74, 6) is 0.639. The van der Waals surface area contributed by atoms with Crippen LogP contribution in [0.5, 0.6) is 0 Å². The van der Waals surface area contributed by atoms with Gasteiger partial charge in [-0.25, -0.2) is 0 Å². The van der Waals surface area contributed by atoms with Crippen molar-refractivity contribution < 1.29 is 0 Å². The molecule has 0 aromatic heterocycles. The Morgan fingerprint density at radius 3 is 2.65 bits per heavy atom. The van der Waals surface area contributed by atoms with Gasteiger partial charge in [0.1, 0.15) is 0 Å². The van der Waals surface area contributed by atoms with E-state index in [9.17, 15) is 0 Å². The molecule has 1 aliphatic carbocycles. The molecule has 0 spiro atoms. The van der Waals surface area contributed by atoms with E-state index in [1.54, 1.807) is 0 Å². The number of benzene rings is 2. The van der Waals surface area contributed by atoms with Crippen LogP contribution in [0.3, 0.4) is 0 Å². The third kappa shape index (κ3) is 1.59. The first-order chi connectivity index (χ1) is 8.16. The third-order valence-corrected chi connectivity index (χ3v) is 3.85. The molecule has 1 unspecified atom stereocenters. The van der Waals surface area contributed by atoms with Crippen LogP contribution in [0.2, 0.25) is 0 Å². The predicted octanol–water partition coefficient (Wildman–Crippen LogP) is 4.63. The highest BCUT2D eigenvalue weighted by Crippen LogP contribution is 2.41. The van der Waals surface area contributed by atoms with E-state index in [0.717, 1.165) is 0 Å². The van der Waals surface area contributed by atoms with Crippen LogP contribution in [0.1, 0.15) is 35.1 Å². The molecule has 1 atom stereocenters. The lowest BCUT2D eigenvalue weighted by atomic mass is 9.77. The van der Waals surface area contributed by atoms with Gasteiger partial charge in [0, 0.05) is 0 Å². The molecule has 86 valence electrons. The largest absolute Gasteiger partial charge is 0.0619 e. The van der Waals surface area contributed by atoms with Gasteiger partial charge in [-0.3, -0.25) is 0 Å². The molecule has 0 bridgehead atoms. The number of hydrogen-bond donors (Lipinski definition) is 0. The lowest BCUT2D eigenvalue weighted by Crippen LogP contribution is -2.09. The minimum absolute atomic E-state index is 0.639. The molecular formula is C17H18. The zero-order chi connectivity index (χ0) is 12.0. The average molecular weight is 222 g/mol. The molecule has 0 nitrogen and oxygen atoms in total. The molecule has 17 heavy (non-hydrogen) atoms. The van der Waals surface area contributed by atoms with Crippen molar-refractivity contribution in [1.82, 2.24) is 0 Å². The fraction of sp³-hybridized carbons (Fsp3) is 0.294. The van der Waals surface area contributed by atoms with E-state index in [4.69, 9.17) is 0 Å². The van der Waals surface area contributed by atoms with Crippen LogP contribution < -0.4 is 0 Å². The Morgan fingerprint density at radius 1 is 1.06 bits per heavy atom. The number of fused-ring (bicyclic) bond motifs is 3. The standard InChI is InChI=1S/C17H18/c1-11-8-13(3)17-14(9-11)10-12(2)15-6-4-5-7-16(15)17/h4-9,12H,10H2,1-3H3. The van der Waals surface area contributed by atoms with Gasteiger partial charge >= 0.3 is 0 Å². The summed E-state index contributed by atoms with van der Waals surface area (Å²) in [4.78, 5) is 0. The van der Waals surface area contributed by atoms with Crippen LogP contribution in [-0.2, 0) is 6.42 Å². The fourth-order valence-electron chi connectivity index (χ4n) is 3.20. The smallest absolute Gasteiger partial charge is 0.0119 e. The Labute approximate surface area is 103 Å². The maximum absolute atomic E-state index is 2.36. The first kappa shape index (κ1) is 10.6. The molecule has 0 fully saturated rings. The third-order valence-electron chi connectivity index (χ3n) is 3.85. The van der Waals surface area contributed by atoms with Crippen molar-refractivity contribution in [3.8, 4) is 11.1 Å². The van der Waals surface area contributed by atoms with E-state index >= 15 is 0 Å². The van der Waals surface area contributed by atoms with Crippen molar-refractivity contribution in [3.63, 3.8) is 0 Å². The molecule has 2 aromatic carbocycles. The minimum atomic E-state index is 0.639. The van der Waals surface area contributed by atoms with Gasteiger partial charge in [-0.15, -0.1) is 0 Å². The highest BCUT2D eigenvalue weighted by Gasteiger charge is 2.22. The summed E-state index contributed by atoms with van der Waals surface area (Å²) in [7, 11) is 0. The molecule has 0 saturated heterocycles. The van der Waals surface area contributed by atoms with E-state index in [0.29, 0.717) is 5.92 Å². The van der Waals surface area contributed by atoms with Crippen LogP contribution in [0.4, 0.5) is 0 Å². The molecule has 0 radical (unpaired) electrons. The van der Waals surface area contributed by atoms with Crippen molar-refractivity contribution in [1.29, 1.82) is 0 Å². The van der Waals surface area contributed by atoms with Crippen molar-refractivity contribution in [2.24, 2.45) is 0 Å². The lowest BCUT2D eigenvalue weighted by molar-refractivity contribution is 0.747. The van der Waals surface area contributed by atoms with Gasteiger partial charge in [-0.05, 0) is 54.0 Å². The topological polar surface area (TPSA) is 0 Å². The van der Waals surface area contributed by atoms with E-state index in [2.05, 4.69) is 57.2 Å². The second-order valence-corrected chi connectivity index (χ2v) is 5.31. The lowest BCUT2D eigenvalue weighted by Gasteiger charge is -2.27. The van der Waals surface area contributed by atoms with Crippen LogP contribution in [0, 0.1) is 13.8 Å². The normalized spacial score (nSPS) is 17.5. The number of hydrogen-bond acceptors (Lipinski definition) is 0. The molecule has 2 aromatic rings. The molecule has 0 saturated carbocycles. The van der Waals surface area contributed by atoms with Gasteiger partial charge in [-0.2, -0.15) is 0 Å². The summed E-state index contributed by atoms with van der Waals surface area (Å²) >= 11 is 0. The zero-order valence-corrected chi connectivity index (χ0v) is 10.7. The molecule has 0 N–H and O–H groups in total. The van der Waals surface area contributed by atoms with Gasteiger partial charge in [0.15, 0.2) is 0 Å². The Hall–Kier alpha value is -1.56. The minimum Gasteiger partial charge on any atom is -0.0619 e. The Bertz CT molecular complexity index is 579. The van der Waals surface area contributed by atoms with E-state index in [-0.39, 0.29) is 0 Å². The van der Waals surface area contributed by atoms with Gasteiger partial charge < -0.3 is 0 Å². The Balaban J connectivity index is 2.33. The molecule has 0 aliphatic heterocycles. The second kappa shape index (κ2) is 3.73. The highest BCUT2D eigenvalue weighted by molar-refractivity contribution is 5.77.